The van der Waals surface area contributed by atoms with Gasteiger partial charge in [0.15, 0.2) is 0 Å². The number of ether oxygens (including phenoxy) is 2. The van der Waals surface area contributed by atoms with Crippen LogP contribution in [0, 0.1) is 0 Å². The lowest BCUT2D eigenvalue weighted by atomic mass is 10.2. The monoisotopic (exact) mass is 388 g/mol. The molecule has 5 heteroatoms. The van der Waals surface area contributed by atoms with Crippen molar-refractivity contribution >= 4 is 17.7 Å². The van der Waals surface area contributed by atoms with E-state index in [-0.39, 0.29) is 12.0 Å². The second-order valence-electron chi connectivity index (χ2n) is 6.69. The molecule has 0 saturated carbocycles. The molecule has 3 aromatic rings. The molecule has 1 amide bonds. The fraction of sp³-hybridized carbons (Fsp3) is 0.167. The standard InChI is InChI=1S/C24H24N2O3/c1-18(2)29-23-13-9-20(10-14-23)26-24(27)15-8-19-6-11-22(12-7-19)28-17-21-5-3-4-16-25-21/h3-16,18H,17H2,1-2H3,(H,26,27)/b15-8+. The largest absolute Gasteiger partial charge is 0.491 e. The lowest BCUT2D eigenvalue weighted by Crippen LogP contribution is -2.08. The van der Waals surface area contributed by atoms with Crippen molar-refractivity contribution in [2.75, 3.05) is 5.32 Å². The Morgan fingerprint density at radius 2 is 1.72 bits per heavy atom. The first kappa shape index (κ1) is 20.1. The number of nitrogens with zero attached hydrogens (tertiary/aromatic N) is 1. The van der Waals surface area contributed by atoms with E-state index < -0.39 is 0 Å². The fourth-order valence-corrected chi connectivity index (χ4v) is 2.56. The third-order valence-corrected chi connectivity index (χ3v) is 3.91. The molecular formula is C24H24N2O3. The minimum Gasteiger partial charge on any atom is -0.491 e. The highest BCUT2D eigenvalue weighted by Crippen LogP contribution is 2.17. The van der Waals surface area contributed by atoms with Crippen molar-refractivity contribution in [1.82, 2.24) is 4.98 Å². The van der Waals surface area contributed by atoms with Gasteiger partial charge in [0.05, 0.1) is 11.8 Å². The molecule has 0 spiro atoms. The molecule has 148 valence electrons. The van der Waals surface area contributed by atoms with Gasteiger partial charge in [-0.05, 0) is 74.0 Å². The van der Waals surface area contributed by atoms with Crippen LogP contribution in [0.5, 0.6) is 11.5 Å². The van der Waals surface area contributed by atoms with Gasteiger partial charge in [-0.25, -0.2) is 0 Å². The van der Waals surface area contributed by atoms with Crippen molar-refractivity contribution in [3.8, 4) is 11.5 Å². The number of hydrogen-bond acceptors (Lipinski definition) is 4. The zero-order valence-electron chi connectivity index (χ0n) is 16.5. The van der Waals surface area contributed by atoms with E-state index in [9.17, 15) is 4.79 Å². The van der Waals surface area contributed by atoms with E-state index >= 15 is 0 Å². The summed E-state index contributed by atoms with van der Waals surface area (Å²) < 4.78 is 11.3. The summed E-state index contributed by atoms with van der Waals surface area (Å²) in [6.45, 7) is 4.36. The number of amides is 1. The van der Waals surface area contributed by atoms with Crippen LogP contribution in [0.3, 0.4) is 0 Å². The first-order chi connectivity index (χ1) is 14.1. The summed E-state index contributed by atoms with van der Waals surface area (Å²) >= 11 is 0. The molecule has 1 heterocycles. The maximum Gasteiger partial charge on any atom is 0.248 e. The molecule has 1 aromatic heterocycles. The number of aromatic nitrogens is 1. The maximum absolute atomic E-state index is 12.1. The Balaban J connectivity index is 1.49. The molecule has 0 aliphatic heterocycles. The van der Waals surface area contributed by atoms with E-state index in [1.165, 1.54) is 6.08 Å². The topological polar surface area (TPSA) is 60.5 Å². The summed E-state index contributed by atoms with van der Waals surface area (Å²) in [6.07, 6.45) is 5.12. The Bertz CT molecular complexity index is 934. The molecule has 29 heavy (non-hydrogen) atoms. The quantitative estimate of drug-likeness (QED) is 0.546. The maximum atomic E-state index is 12.1. The molecule has 2 aromatic carbocycles. The van der Waals surface area contributed by atoms with Gasteiger partial charge in [-0.15, -0.1) is 0 Å². The predicted octanol–water partition coefficient (Wildman–Crippen LogP) is 5.10. The van der Waals surface area contributed by atoms with Crippen LogP contribution in [0.25, 0.3) is 6.08 Å². The van der Waals surface area contributed by atoms with Crippen LogP contribution in [0.4, 0.5) is 5.69 Å². The van der Waals surface area contributed by atoms with Crippen LogP contribution < -0.4 is 14.8 Å². The van der Waals surface area contributed by atoms with E-state index in [1.54, 1.807) is 12.3 Å². The van der Waals surface area contributed by atoms with Crippen LogP contribution in [0.1, 0.15) is 25.1 Å². The zero-order valence-corrected chi connectivity index (χ0v) is 16.5. The summed E-state index contributed by atoms with van der Waals surface area (Å²) in [5.74, 6) is 1.33. The molecule has 0 atom stereocenters. The van der Waals surface area contributed by atoms with E-state index in [0.717, 1.165) is 22.8 Å². The molecule has 0 unspecified atom stereocenters. The minimum atomic E-state index is -0.196. The van der Waals surface area contributed by atoms with Gasteiger partial charge in [-0.3, -0.25) is 9.78 Å². The number of pyridine rings is 1. The Labute approximate surface area is 171 Å². The average Bonchev–Trinajstić information content (AvgIpc) is 2.73. The normalized spacial score (nSPS) is 10.9. The van der Waals surface area contributed by atoms with Gasteiger partial charge >= 0.3 is 0 Å². The van der Waals surface area contributed by atoms with Crippen molar-refractivity contribution < 1.29 is 14.3 Å². The highest BCUT2D eigenvalue weighted by atomic mass is 16.5. The predicted molar refractivity (Wildman–Crippen MR) is 115 cm³/mol. The number of carbonyl (C=O) groups is 1. The van der Waals surface area contributed by atoms with Crippen molar-refractivity contribution in [3.63, 3.8) is 0 Å². The lowest BCUT2D eigenvalue weighted by Gasteiger charge is -2.10. The second-order valence-corrected chi connectivity index (χ2v) is 6.69. The molecule has 0 aliphatic rings. The number of benzene rings is 2. The average molecular weight is 388 g/mol. The van der Waals surface area contributed by atoms with Gasteiger partial charge in [0.25, 0.3) is 0 Å². The van der Waals surface area contributed by atoms with Gasteiger partial charge in [-0.1, -0.05) is 18.2 Å². The lowest BCUT2D eigenvalue weighted by molar-refractivity contribution is -0.111. The molecule has 0 fully saturated rings. The van der Waals surface area contributed by atoms with E-state index in [4.69, 9.17) is 9.47 Å². The molecule has 0 radical (unpaired) electrons. The first-order valence-electron chi connectivity index (χ1n) is 9.47. The summed E-state index contributed by atoms with van der Waals surface area (Å²) in [7, 11) is 0. The first-order valence-corrected chi connectivity index (χ1v) is 9.47. The molecular weight excluding hydrogens is 364 g/mol. The Morgan fingerprint density at radius 3 is 2.38 bits per heavy atom. The molecule has 5 nitrogen and oxygen atoms in total. The molecule has 0 saturated heterocycles. The Kier molecular flexibility index (Phi) is 7.00. The van der Waals surface area contributed by atoms with Crippen molar-refractivity contribution in [2.24, 2.45) is 0 Å². The Hall–Kier alpha value is -3.60. The van der Waals surface area contributed by atoms with Gasteiger partial charge in [0.2, 0.25) is 5.91 Å². The fourth-order valence-electron chi connectivity index (χ4n) is 2.56. The number of carbonyl (C=O) groups excluding carboxylic acids is 1. The summed E-state index contributed by atoms with van der Waals surface area (Å²) in [4.78, 5) is 16.3. The van der Waals surface area contributed by atoms with Crippen molar-refractivity contribution in [3.05, 3.63) is 90.3 Å². The smallest absolute Gasteiger partial charge is 0.248 e. The summed E-state index contributed by atoms with van der Waals surface area (Å²) in [5.41, 5.74) is 2.50. The Morgan fingerprint density at radius 1 is 1.00 bits per heavy atom. The van der Waals surface area contributed by atoms with E-state index in [0.29, 0.717) is 12.3 Å². The number of nitrogens with one attached hydrogen (secondary N) is 1. The van der Waals surface area contributed by atoms with E-state index in [1.807, 2.05) is 80.6 Å². The summed E-state index contributed by atoms with van der Waals surface area (Å²) in [5, 5.41) is 2.83. The second kappa shape index (κ2) is 10.1. The SMILES string of the molecule is CC(C)Oc1ccc(NC(=O)/C=C/c2ccc(OCc3ccccn3)cc2)cc1. The van der Waals surface area contributed by atoms with Crippen LogP contribution in [0.15, 0.2) is 79.0 Å². The highest BCUT2D eigenvalue weighted by Gasteiger charge is 2.01. The number of anilines is 1. The molecule has 1 N–H and O–H groups in total. The molecule has 0 aliphatic carbocycles. The highest BCUT2D eigenvalue weighted by molar-refractivity contribution is 6.01. The third kappa shape index (κ3) is 6.81. The molecule has 3 rings (SSSR count). The summed E-state index contributed by atoms with van der Waals surface area (Å²) in [6, 6.07) is 20.6. The zero-order chi connectivity index (χ0) is 20.5. The number of hydrogen-bond donors (Lipinski definition) is 1. The van der Waals surface area contributed by atoms with Gasteiger partial charge in [-0.2, -0.15) is 0 Å². The van der Waals surface area contributed by atoms with Crippen molar-refractivity contribution in [2.45, 2.75) is 26.6 Å². The molecule has 0 bridgehead atoms. The third-order valence-electron chi connectivity index (χ3n) is 3.91. The van der Waals surface area contributed by atoms with Crippen LogP contribution >= 0.6 is 0 Å². The van der Waals surface area contributed by atoms with Gasteiger partial charge in [0, 0.05) is 18.0 Å². The van der Waals surface area contributed by atoms with Crippen LogP contribution in [-0.2, 0) is 11.4 Å². The van der Waals surface area contributed by atoms with E-state index in [2.05, 4.69) is 10.3 Å². The van der Waals surface area contributed by atoms with Crippen molar-refractivity contribution in [1.29, 1.82) is 0 Å². The van der Waals surface area contributed by atoms with Gasteiger partial charge in [0.1, 0.15) is 18.1 Å². The van der Waals surface area contributed by atoms with Crippen LogP contribution in [0.2, 0.25) is 0 Å². The van der Waals surface area contributed by atoms with Crippen LogP contribution in [-0.4, -0.2) is 17.0 Å². The number of rotatable bonds is 8. The van der Waals surface area contributed by atoms with Gasteiger partial charge < -0.3 is 14.8 Å². The minimum absolute atomic E-state index is 0.116.